The number of hydrogen-bond acceptors (Lipinski definition) is 8. The molecule has 4 aromatic rings. The van der Waals surface area contributed by atoms with Crippen LogP contribution >= 0.6 is 0 Å². The molecule has 3 aromatic carbocycles. The number of nitrogens with two attached hydrogens (primary N) is 1. The summed E-state index contributed by atoms with van der Waals surface area (Å²) in [7, 11) is 4.49. The molecule has 3 N–H and O–H groups in total. The number of hydrogen-bond donors (Lipinski definition) is 2. The van der Waals surface area contributed by atoms with Crippen LogP contribution in [0.3, 0.4) is 0 Å². The molecule has 37 heavy (non-hydrogen) atoms. The lowest BCUT2D eigenvalue weighted by molar-refractivity contribution is 0.102. The van der Waals surface area contributed by atoms with Crippen molar-refractivity contribution < 1.29 is 33.0 Å². The smallest absolute Gasteiger partial charge is 0.410 e. The first-order valence-corrected chi connectivity index (χ1v) is 11.0. The molecule has 0 aliphatic rings. The highest BCUT2D eigenvalue weighted by atomic mass is 16.6. The van der Waals surface area contributed by atoms with Crippen LogP contribution in [-0.4, -0.2) is 33.3 Å². The first-order valence-electron chi connectivity index (χ1n) is 11.0. The molecule has 4 rings (SSSR count). The predicted molar refractivity (Wildman–Crippen MR) is 137 cm³/mol. The molecule has 2 amide bonds. The van der Waals surface area contributed by atoms with Gasteiger partial charge in [-0.05, 0) is 55.0 Å². The zero-order valence-electron chi connectivity index (χ0n) is 20.5. The summed E-state index contributed by atoms with van der Waals surface area (Å²) in [5.41, 5.74) is 6.50. The van der Waals surface area contributed by atoms with E-state index in [1.54, 1.807) is 32.2 Å². The average Bonchev–Trinajstić information content (AvgIpc) is 2.90. The van der Waals surface area contributed by atoms with Crippen LogP contribution in [0.2, 0.25) is 0 Å². The van der Waals surface area contributed by atoms with Crippen molar-refractivity contribution in [2.45, 2.75) is 6.92 Å². The maximum atomic E-state index is 13.1. The standard InChI is InChI=1S/C27H24N2O8/c1-14-23-17(13-22(35-4)24(14)37-27(28)32)12-20(26(31)36-23)29-25(30)16-8-9-21(34-3)19(11-16)15-6-5-7-18(10-15)33-2/h5-13H,1-4H3,(H2,28,32)(H,29,30). The van der Waals surface area contributed by atoms with Crippen molar-refractivity contribution in [2.24, 2.45) is 5.73 Å². The first-order chi connectivity index (χ1) is 17.7. The third kappa shape index (κ3) is 5.03. The molecule has 10 nitrogen and oxygen atoms in total. The first kappa shape index (κ1) is 25.1. The zero-order valence-corrected chi connectivity index (χ0v) is 20.5. The van der Waals surface area contributed by atoms with Gasteiger partial charge in [0.05, 0.1) is 21.3 Å². The van der Waals surface area contributed by atoms with Crippen molar-refractivity contribution in [2.75, 3.05) is 26.6 Å². The number of primary amides is 1. The second kappa shape index (κ2) is 10.3. The number of anilines is 1. The summed E-state index contributed by atoms with van der Waals surface area (Å²) in [6.45, 7) is 1.59. The Morgan fingerprint density at radius 3 is 2.35 bits per heavy atom. The van der Waals surface area contributed by atoms with Crippen molar-refractivity contribution in [3.8, 4) is 34.1 Å². The number of benzene rings is 3. The Labute approximate surface area is 211 Å². The van der Waals surface area contributed by atoms with Gasteiger partial charge in [-0.25, -0.2) is 9.59 Å². The topological polar surface area (TPSA) is 139 Å². The van der Waals surface area contributed by atoms with Crippen LogP contribution in [0.1, 0.15) is 15.9 Å². The molecule has 0 aliphatic heterocycles. The van der Waals surface area contributed by atoms with E-state index >= 15 is 0 Å². The summed E-state index contributed by atoms with van der Waals surface area (Å²) < 4.78 is 26.5. The molecular formula is C27H24N2O8. The SMILES string of the molecule is COc1cccc(-c2cc(C(=O)Nc3cc4cc(OC)c(OC(N)=O)c(C)c4oc3=O)ccc2OC)c1. The fourth-order valence-electron chi connectivity index (χ4n) is 3.91. The number of fused-ring (bicyclic) bond motifs is 1. The molecule has 0 radical (unpaired) electrons. The van der Waals surface area contributed by atoms with Gasteiger partial charge in [-0.15, -0.1) is 0 Å². The van der Waals surface area contributed by atoms with E-state index in [2.05, 4.69) is 5.32 Å². The van der Waals surface area contributed by atoms with Crippen molar-refractivity contribution in [3.05, 3.63) is 76.1 Å². The molecule has 0 spiro atoms. The molecule has 0 fully saturated rings. The number of nitrogens with one attached hydrogen (secondary N) is 1. The minimum absolute atomic E-state index is 0.0331. The van der Waals surface area contributed by atoms with Crippen LogP contribution in [0, 0.1) is 6.92 Å². The molecule has 1 heterocycles. The highest BCUT2D eigenvalue weighted by molar-refractivity contribution is 6.06. The van der Waals surface area contributed by atoms with Crippen molar-refractivity contribution in [1.29, 1.82) is 0 Å². The minimum Gasteiger partial charge on any atom is -0.497 e. The summed E-state index contributed by atoms with van der Waals surface area (Å²) in [6, 6.07) is 15.2. The van der Waals surface area contributed by atoms with Gasteiger partial charge in [0.15, 0.2) is 11.5 Å². The highest BCUT2D eigenvalue weighted by Crippen LogP contribution is 2.37. The summed E-state index contributed by atoms with van der Waals surface area (Å²) in [4.78, 5) is 37.1. The number of aryl methyl sites for hydroxylation is 1. The predicted octanol–water partition coefficient (Wildman–Crippen LogP) is 4.50. The van der Waals surface area contributed by atoms with Gasteiger partial charge in [0.2, 0.25) is 0 Å². The lowest BCUT2D eigenvalue weighted by Gasteiger charge is -2.14. The fraction of sp³-hybridized carbons (Fsp3) is 0.148. The van der Waals surface area contributed by atoms with Gasteiger partial charge >= 0.3 is 11.7 Å². The average molecular weight is 504 g/mol. The molecule has 1 aromatic heterocycles. The Balaban J connectivity index is 1.72. The molecule has 0 saturated heterocycles. The quantitative estimate of drug-likeness (QED) is 0.351. The Kier molecular flexibility index (Phi) is 7.01. The van der Waals surface area contributed by atoms with Crippen LogP contribution < -0.4 is 35.6 Å². The van der Waals surface area contributed by atoms with Crippen LogP contribution in [-0.2, 0) is 0 Å². The van der Waals surface area contributed by atoms with E-state index < -0.39 is 17.6 Å². The van der Waals surface area contributed by atoms with Gasteiger partial charge in [-0.1, -0.05) is 12.1 Å². The Hall–Kier alpha value is -4.99. The van der Waals surface area contributed by atoms with Gasteiger partial charge in [-0.3, -0.25) is 4.79 Å². The molecule has 0 aliphatic carbocycles. The lowest BCUT2D eigenvalue weighted by atomic mass is 10.0. The van der Waals surface area contributed by atoms with E-state index in [-0.39, 0.29) is 28.3 Å². The third-order valence-corrected chi connectivity index (χ3v) is 5.68. The normalized spacial score (nSPS) is 10.6. The number of rotatable bonds is 7. The number of amides is 2. The second-order valence-corrected chi connectivity index (χ2v) is 7.92. The summed E-state index contributed by atoms with van der Waals surface area (Å²) in [6.07, 6.45) is -1.04. The third-order valence-electron chi connectivity index (χ3n) is 5.68. The molecule has 0 atom stereocenters. The second-order valence-electron chi connectivity index (χ2n) is 7.92. The maximum Gasteiger partial charge on any atom is 0.410 e. The van der Waals surface area contributed by atoms with E-state index in [1.165, 1.54) is 26.4 Å². The van der Waals surface area contributed by atoms with E-state index in [4.69, 9.17) is 29.1 Å². The van der Waals surface area contributed by atoms with E-state index in [0.29, 0.717) is 28.0 Å². The molecule has 0 unspecified atom stereocenters. The van der Waals surface area contributed by atoms with Gasteiger partial charge in [0.1, 0.15) is 22.8 Å². The van der Waals surface area contributed by atoms with Gasteiger partial charge < -0.3 is 34.4 Å². The van der Waals surface area contributed by atoms with Crippen LogP contribution in [0.15, 0.2) is 63.8 Å². The van der Waals surface area contributed by atoms with Gasteiger partial charge in [0.25, 0.3) is 5.91 Å². The van der Waals surface area contributed by atoms with E-state index in [9.17, 15) is 14.4 Å². The molecule has 190 valence electrons. The summed E-state index contributed by atoms with van der Waals surface area (Å²) >= 11 is 0. The Morgan fingerprint density at radius 2 is 1.68 bits per heavy atom. The fourth-order valence-corrected chi connectivity index (χ4v) is 3.91. The molecule has 10 heteroatoms. The number of carbonyl (C=O) groups is 2. The largest absolute Gasteiger partial charge is 0.497 e. The van der Waals surface area contributed by atoms with Crippen molar-refractivity contribution in [1.82, 2.24) is 0 Å². The molecule has 0 saturated carbocycles. The highest BCUT2D eigenvalue weighted by Gasteiger charge is 2.20. The van der Waals surface area contributed by atoms with Gasteiger partial charge in [-0.2, -0.15) is 0 Å². The van der Waals surface area contributed by atoms with E-state index in [1.807, 2.05) is 24.3 Å². The number of methoxy groups -OCH3 is 3. The number of carbonyl (C=O) groups excluding carboxylic acids is 2. The minimum atomic E-state index is -1.04. The molecular weight excluding hydrogens is 480 g/mol. The van der Waals surface area contributed by atoms with Gasteiger partial charge in [0, 0.05) is 22.1 Å². The lowest BCUT2D eigenvalue weighted by Crippen LogP contribution is -2.19. The van der Waals surface area contributed by atoms with E-state index in [0.717, 1.165) is 5.56 Å². The van der Waals surface area contributed by atoms with Crippen LogP contribution in [0.4, 0.5) is 10.5 Å². The Bertz CT molecular complexity index is 1580. The molecule has 0 bridgehead atoms. The Morgan fingerprint density at radius 1 is 0.919 bits per heavy atom. The van der Waals surface area contributed by atoms with Crippen LogP contribution in [0.5, 0.6) is 23.0 Å². The van der Waals surface area contributed by atoms with Crippen LogP contribution in [0.25, 0.3) is 22.1 Å². The number of ether oxygens (including phenoxy) is 4. The van der Waals surface area contributed by atoms with Crippen molar-refractivity contribution in [3.63, 3.8) is 0 Å². The van der Waals surface area contributed by atoms with Crippen molar-refractivity contribution >= 4 is 28.7 Å². The summed E-state index contributed by atoms with van der Waals surface area (Å²) in [5.74, 6) is 0.916. The maximum absolute atomic E-state index is 13.1. The zero-order chi connectivity index (χ0) is 26.7. The summed E-state index contributed by atoms with van der Waals surface area (Å²) in [5, 5.41) is 3.04. The monoisotopic (exact) mass is 504 g/mol.